The summed E-state index contributed by atoms with van der Waals surface area (Å²) in [4.78, 5) is 17.4. The number of nitrogens with zero attached hydrogens (tertiary/aromatic N) is 2. The first-order valence-electron chi connectivity index (χ1n) is 6.05. The maximum absolute atomic E-state index is 12.2. The summed E-state index contributed by atoms with van der Waals surface area (Å²) in [6, 6.07) is 7.85. The van der Waals surface area contributed by atoms with Crippen LogP contribution < -0.4 is 5.56 Å². The van der Waals surface area contributed by atoms with Gasteiger partial charge in [0.05, 0.1) is 0 Å². The van der Waals surface area contributed by atoms with E-state index in [1.807, 2.05) is 24.3 Å². The van der Waals surface area contributed by atoms with Crippen molar-refractivity contribution < 1.29 is 0 Å². The molecule has 2 aromatic rings. The summed E-state index contributed by atoms with van der Waals surface area (Å²) in [6.07, 6.45) is 3.43. The summed E-state index contributed by atoms with van der Waals surface area (Å²) in [6.45, 7) is 4.90. The van der Waals surface area contributed by atoms with Crippen molar-refractivity contribution in [1.82, 2.24) is 9.55 Å². The zero-order valence-electron chi connectivity index (χ0n) is 10.8. The average Bonchev–Trinajstić information content (AvgIpc) is 2.36. The standard InChI is InChI=1S/C14H15BrN2OS/c1-10(2)9-17-8-7-16-13(14(17)18)19-12-5-3-11(15)4-6-12/h3-8,10H,9H2,1-2H3. The van der Waals surface area contributed by atoms with Gasteiger partial charge in [0.25, 0.3) is 5.56 Å². The summed E-state index contributed by atoms with van der Waals surface area (Å²) in [7, 11) is 0. The van der Waals surface area contributed by atoms with Crippen LogP contribution in [0.15, 0.2) is 55.8 Å². The second-order valence-electron chi connectivity index (χ2n) is 4.64. The second kappa shape index (κ2) is 6.39. The van der Waals surface area contributed by atoms with Gasteiger partial charge in [0.2, 0.25) is 0 Å². The first-order chi connectivity index (χ1) is 9.06. The zero-order chi connectivity index (χ0) is 13.8. The molecular formula is C14H15BrN2OS. The van der Waals surface area contributed by atoms with Gasteiger partial charge >= 0.3 is 0 Å². The van der Waals surface area contributed by atoms with Crippen molar-refractivity contribution in [3.05, 3.63) is 51.5 Å². The van der Waals surface area contributed by atoms with Crippen LogP contribution in [-0.4, -0.2) is 9.55 Å². The Morgan fingerprint density at radius 3 is 2.63 bits per heavy atom. The number of hydrogen-bond acceptors (Lipinski definition) is 3. The fourth-order valence-corrected chi connectivity index (χ4v) is 2.73. The number of hydrogen-bond donors (Lipinski definition) is 0. The molecule has 0 aliphatic carbocycles. The maximum Gasteiger partial charge on any atom is 0.283 e. The van der Waals surface area contributed by atoms with Gasteiger partial charge in [0.1, 0.15) is 0 Å². The number of benzene rings is 1. The van der Waals surface area contributed by atoms with Gasteiger partial charge < -0.3 is 4.57 Å². The van der Waals surface area contributed by atoms with Crippen molar-refractivity contribution in [2.24, 2.45) is 5.92 Å². The largest absolute Gasteiger partial charge is 0.311 e. The fourth-order valence-electron chi connectivity index (χ4n) is 1.65. The quantitative estimate of drug-likeness (QED) is 0.850. The van der Waals surface area contributed by atoms with E-state index in [-0.39, 0.29) is 5.56 Å². The van der Waals surface area contributed by atoms with E-state index in [2.05, 4.69) is 34.8 Å². The lowest BCUT2D eigenvalue weighted by Gasteiger charge is -2.09. The maximum atomic E-state index is 12.2. The van der Waals surface area contributed by atoms with Crippen LogP contribution in [0, 0.1) is 5.92 Å². The Labute approximate surface area is 125 Å². The van der Waals surface area contributed by atoms with Crippen LogP contribution in [0.5, 0.6) is 0 Å². The molecule has 0 radical (unpaired) electrons. The van der Waals surface area contributed by atoms with Gasteiger partial charge in [-0.15, -0.1) is 0 Å². The molecular weight excluding hydrogens is 324 g/mol. The third-order valence-corrected chi connectivity index (χ3v) is 3.98. The highest BCUT2D eigenvalue weighted by molar-refractivity contribution is 9.10. The van der Waals surface area contributed by atoms with E-state index in [9.17, 15) is 4.79 Å². The number of halogens is 1. The Morgan fingerprint density at radius 2 is 2.00 bits per heavy atom. The lowest BCUT2D eigenvalue weighted by Crippen LogP contribution is -2.23. The first kappa shape index (κ1) is 14.3. The molecule has 100 valence electrons. The smallest absolute Gasteiger partial charge is 0.283 e. The molecule has 0 aliphatic rings. The summed E-state index contributed by atoms with van der Waals surface area (Å²) in [5.74, 6) is 0.436. The molecule has 0 spiro atoms. The van der Waals surface area contributed by atoms with E-state index in [1.54, 1.807) is 17.0 Å². The molecule has 19 heavy (non-hydrogen) atoms. The molecule has 0 saturated heterocycles. The third-order valence-electron chi connectivity index (χ3n) is 2.47. The van der Waals surface area contributed by atoms with E-state index in [0.29, 0.717) is 10.9 Å². The predicted molar refractivity (Wildman–Crippen MR) is 81.6 cm³/mol. The Hall–Kier alpha value is -1.07. The minimum atomic E-state index is -0.0240. The molecule has 0 amide bonds. The summed E-state index contributed by atoms with van der Waals surface area (Å²) in [5, 5.41) is 0.519. The minimum absolute atomic E-state index is 0.0240. The topological polar surface area (TPSA) is 34.9 Å². The van der Waals surface area contributed by atoms with Crippen LogP contribution in [-0.2, 0) is 6.54 Å². The van der Waals surface area contributed by atoms with E-state index in [1.165, 1.54) is 11.8 Å². The Balaban J connectivity index is 2.25. The monoisotopic (exact) mass is 338 g/mol. The summed E-state index contributed by atoms with van der Waals surface area (Å²) in [5.41, 5.74) is -0.0240. The van der Waals surface area contributed by atoms with Gasteiger partial charge in [-0.25, -0.2) is 4.98 Å². The highest BCUT2D eigenvalue weighted by Crippen LogP contribution is 2.24. The minimum Gasteiger partial charge on any atom is -0.311 e. The van der Waals surface area contributed by atoms with Crippen molar-refractivity contribution >= 4 is 27.7 Å². The molecule has 1 aromatic heterocycles. The molecule has 5 heteroatoms. The van der Waals surface area contributed by atoms with Crippen molar-refractivity contribution in [2.75, 3.05) is 0 Å². The van der Waals surface area contributed by atoms with Gasteiger partial charge in [0.15, 0.2) is 5.03 Å². The van der Waals surface area contributed by atoms with E-state index < -0.39 is 0 Å². The van der Waals surface area contributed by atoms with Crippen molar-refractivity contribution in [3.63, 3.8) is 0 Å². The molecule has 0 atom stereocenters. The van der Waals surface area contributed by atoms with Gasteiger partial charge in [-0.3, -0.25) is 4.79 Å². The van der Waals surface area contributed by atoms with Crippen LogP contribution >= 0.6 is 27.7 Å². The van der Waals surface area contributed by atoms with Crippen LogP contribution in [0.1, 0.15) is 13.8 Å². The lowest BCUT2D eigenvalue weighted by atomic mass is 10.2. The van der Waals surface area contributed by atoms with Gasteiger partial charge in [-0.05, 0) is 30.2 Å². The Morgan fingerprint density at radius 1 is 1.32 bits per heavy atom. The Kier molecular flexibility index (Phi) is 4.82. The SMILES string of the molecule is CC(C)Cn1ccnc(Sc2ccc(Br)cc2)c1=O. The fraction of sp³-hybridized carbons (Fsp3) is 0.286. The molecule has 0 bridgehead atoms. The summed E-state index contributed by atoms with van der Waals surface area (Å²) < 4.78 is 2.74. The van der Waals surface area contributed by atoms with Crippen LogP contribution in [0.3, 0.4) is 0 Å². The molecule has 0 saturated carbocycles. The molecule has 0 unspecified atom stereocenters. The van der Waals surface area contributed by atoms with Gasteiger partial charge in [0, 0.05) is 28.3 Å². The highest BCUT2D eigenvalue weighted by atomic mass is 79.9. The van der Waals surface area contributed by atoms with Gasteiger partial charge in [-0.2, -0.15) is 0 Å². The first-order valence-corrected chi connectivity index (χ1v) is 7.66. The van der Waals surface area contributed by atoms with Crippen LogP contribution in [0.25, 0.3) is 0 Å². The normalized spacial score (nSPS) is 10.9. The third kappa shape index (κ3) is 3.94. The molecule has 0 fully saturated rings. The molecule has 3 nitrogen and oxygen atoms in total. The van der Waals surface area contributed by atoms with E-state index >= 15 is 0 Å². The van der Waals surface area contributed by atoms with Gasteiger partial charge in [-0.1, -0.05) is 41.5 Å². The average molecular weight is 339 g/mol. The van der Waals surface area contributed by atoms with Crippen molar-refractivity contribution in [3.8, 4) is 0 Å². The second-order valence-corrected chi connectivity index (χ2v) is 6.62. The lowest BCUT2D eigenvalue weighted by molar-refractivity contribution is 0.502. The number of rotatable bonds is 4. The number of aromatic nitrogens is 2. The van der Waals surface area contributed by atoms with Crippen molar-refractivity contribution in [1.29, 1.82) is 0 Å². The molecule has 1 heterocycles. The predicted octanol–water partition coefficient (Wildman–Crippen LogP) is 3.81. The molecule has 2 rings (SSSR count). The Bertz CT molecular complexity index is 608. The molecule has 1 aromatic carbocycles. The van der Waals surface area contributed by atoms with E-state index in [0.717, 1.165) is 15.9 Å². The highest BCUT2D eigenvalue weighted by Gasteiger charge is 2.07. The summed E-state index contributed by atoms with van der Waals surface area (Å²) >= 11 is 4.79. The molecule has 0 N–H and O–H groups in total. The van der Waals surface area contributed by atoms with E-state index in [4.69, 9.17) is 0 Å². The van der Waals surface area contributed by atoms with Crippen molar-refractivity contribution in [2.45, 2.75) is 30.3 Å². The van der Waals surface area contributed by atoms with Crippen LogP contribution in [0.4, 0.5) is 0 Å². The zero-order valence-corrected chi connectivity index (χ0v) is 13.2. The molecule has 0 aliphatic heterocycles. The van der Waals surface area contributed by atoms with Crippen LogP contribution in [0.2, 0.25) is 0 Å².